The van der Waals surface area contributed by atoms with E-state index in [1.807, 2.05) is 26.8 Å². The van der Waals surface area contributed by atoms with E-state index >= 15 is 0 Å². The van der Waals surface area contributed by atoms with E-state index in [1.54, 1.807) is 4.90 Å². The van der Waals surface area contributed by atoms with Crippen molar-refractivity contribution in [2.45, 2.75) is 39.0 Å². The van der Waals surface area contributed by atoms with Crippen LogP contribution in [0.1, 0.15) is 26.3 Å². The SMILES string of the molecule is CC(C)(C)OC(=O)N1CC2(CN(Cc3ccccc3)C[C@@H]2N)C1. The van der Waals surface area contributed by atoms with Crippen LogP contribution in [-0.2, 0) is 11.3 Å². The second-order valence-corrected chi connectivity index (χ2v) is 7.96. The van der Waals surface area contributed by atoms with Crippen molar-refractivity contribution < 1.29 is 9.53 Å². The fourth-order valence-electron chi connectivity index (χ4n) is 3.57. The summed E-state index contributed by atoms with van der Waals surface area (Å²) in [6.07, 6.45) is -0.225. The quantitative estimate of drug-likeness (QED) is 0.907. The van der Waals surface area contributed by atoms with Crippen LogP contribution in [0.15, 0.2) is 30.3 Å². The first-order chi connectivity index (χ1) is 10.8. The Balaban J connectivity index is 1.55. The zero-order valence-corrected chi connectivity index (χ0v) is 14.3. The second-order valence-electron chi connectivity index (χ2n) is 7.96. The van der Waals surface area contributed by atoms with Gasteiger partial charge in [-0.25, -0.2) is 4.79 Å². The maximum absolute atomic E-state index is 12.1. The maximum atomic E-state index is 12.1. The number of benzene rings is 1. The number of hydrogen-bond acceptors (Lipinski definition) is 4. The van der Waals surface area contributed by atoms with Crippen LogP contribution in [0, 0.1) is 5.41 Å². The van der Waals surface area contributed by atoms with Crippen LogP contribution in [0.4, 0.5) is 4.79 Å². The van der Waals surface area contributed by atoms with Crippen LogP contribution in [0.2, 0.25) is 0 Å². The smallest absolute Gasteiger partial charge is 0.410 e. The van der Waals surface area contributed by atoms with Gasteiger partial charge in [-0.1, -0.05) is 30.3 Å². The average Bonchev–Trinajstić information content (AvgIpc) is 2.72. The molecule has 0 unspecified atom stereocenters. The van der Waals surface area contributed by atoms with Gasteiger partial charge in [-0.05, 0) is 26.3 Å². The van der Waals surface area contributed by atoms with Crippen LogP contribution in [0.3, 0.4) is 0 Å². The fourth-order valence-corrected chi connectivity index (χ4v) is 3.57. The number of likely N-dealkylation sites (tertiary alicyclic amines) is 2. The third kappa shape index (κ3) is 3.51. The summed E-state index contributed by atoms with van der Waals surface area (Å²) >= 11 is 0. The first-order valence-electron chi connectivity index (χ1n) is 8.27. The van der Waals surface area contributed by atoms with Crippen LogP contribution in [0.5, 0.6) is 0 Å². The number of nitrogens with zero attached hydrogens (tertiary/aromatic N) is 2. The summed E-state index contributed by atoms with van der Waals surface area (Å²) in [6.45, 7) is 9.83. The summed E-state index contributed by atoms with van der Waals surface area (Å²) in [7, 11) is 0. The molecule has 0 aliphatic carbocycles. The standard InChI is InChI=1S/C18H27N3O2/c1-17(2,3)23-16(22)21-12-18(13-21)11-20(10-15(18)19)9-14-7-5-4-6-8-14/h4-8,15H,9-13,19H2,1-3H3/t15-/m0/s1. The zero-order valence-electron chi connectivity index (χ0n) is 14.3. The monoisotopic (exact) mass is 317 g/mol. The summed E-state index contributed by atoms with van der Waals surface area (Å²) in [5.74, 6) is 0. The molecule has 2 fully saturated rings. The molecule has 0 radical (unpaired) electrons. The molecule has 3 rings (SSSR count). The predicted octanol–water partition coefficient (Wildman–Crippen LogP) is 2.07. The minimum absolute atomic E-state index is 0.0334. The Kier molecular flexibility index (Phi) is 4.10. The van der Waals surface area contributed by atoms with Gasteiger partial charge >= 0.3 is 6.09 Å². The van der Waals surface area contributed by atoms with E-state index in [0.29, 0.717) is 13.1 Å². The van der Waals surface area contributed by atoms with Gasteiger partial charge in [0, 0.05) is 44.2 Å². The third-order valence-electron chi connectivity index (χ3n) is 4.69. The van der Waals surface area contributed by atoms with E-state index in [0.717, 1.165) is 19.6 Å². The van der Waals surface area contributed by atoms with E-state index < -0.39 is 5.60 Å². The summed E-state index contributed by atoms with van der Waals surface area (Å²) in [5, 5.41) is 0. The number of carbonyl (C=O) groups is 1. The molecule has 0 aromatic heterocycles. The molecule has 1 spiro atoms. The number of rotatable bonds is 2. The minimum Gasteiger partial charge on any atom is -0.444 e. The van der Waals surface area contributed by atoms with Gasteiger partial charge in [-0.15, -0.1) is 0 Å². The Hall–Kier alpha value is -1.59. The highest BCUT2D eigenvalue weighted by Gasteiger charge is 2.54. The summed E-state index contributed by atoms with van der Waals surface area (Å²) in [4.78, 5) is 16.3. The van der Waals surface area contributed by atoms with E-state index in [2.05, 4.69) is 29.2 Å². The Labute approximate surface area is 138 Å². The van der Waals surface area contributed by atoms with Gasteiger partial charge in [0.25, 0.3) is 0 Å². The summed E-state index contributed by atoms with van der Waals surface area (Å²) in [5.41, 5.74) is 7.28. The lowest BCUT2D eigenvalue weighted by Crippen LogP contribution is -2.65. The van der Waals surface area contributed by atoms with Crippen molar-refractivity contribution in [3.63, 3.8) is 0 Å². The van der Waals surface area contributed by atoms with Crippen LogP contribution >= 0.6 is 0 Å². The first kappa shape index (κ1) is 16.3. The van der Waals surface area contributed by atoms with Gasteiger partial charge < -0.3 is 15.4 Å². The molecule has 5 heteroatoms. The van der Waals surface area contributed by atoms with E-state index in [4.69, 9.17) is 10.5 Å². The molecule has 1 aromatic rings. The van der Waals surface area contributed by atoms with Crippen molar-refractivity contribution in [1.29, 1.82) is 0 Å². The molecule has 2 aliphatic rings. The molecule has 2 aliphatic heterocycles. The summed E-state index contributed by atoms with van der Waals surface area (Å²) < 4.78 is 5.43. The molecule has 1 aromatic carbocycles. The van der Waals surface area contributed by atoms with Crippen molar-refractivity contribution in [1.82, 2.24) is 9.80 Å². The average molecular weight is 317 g/mol. The molecule has 2 saturated heterocycles. The molecule has 0 saturated carbocycles. The van der Waals surface area contributed by atoms with Crippen molar-refractivity contribution >= 4 is 6.09 Å². The van der Waals surface area contributed by atoms with E-state index in [9.17, 15) is 4.79 Å². The Morgan fingerprint density at radius 3 is 2.52 bits per heavy atom. The normalized spacial score (nSPS) is 23.8. The first-order valence-corrected chi connectivity index (χ1v) is 8.27. The molecule has 2 N–H and O–H groups in total. The largest absolute Gasteiger partial charge is 0.444 e. The van der Waals surface area contributed by atoms with Crippen LogP contribution < -0.4 is 5.73 Å². The van der Waals surface area contributed by atoms with Crippen molar-refractivity contribution in [2.75, 3.05) is 26.2 Å². The lowest BCUT2D eigenvalue weighted by Gasteiger charge is -2.49. The fraction of sp³-hybridized carbons (Fsp3) is 0.611. The number of amides is 1. The molecule has 126 valence electrons. The second kappa shape index (κ2) is 5.80. The number of carbonyl (C=O) groups excluding carboxylic acids is 1. The van der Waals surface area contributed by atoms with Crippen LogP contribution in [0.25, 0.3) is 0 Å². The highest BCUT2D eigenvalue weighted by atomic mass is 16.6. The molecule has 5 nitrogen and oxygen atoms in total. The van der Waals surface area contributed by atoms with Gasteiger partial charge in [-0.3, -0.25) is 4.90 Å². The molecule has 23 heavy (non-hydrogen) atoms. The maximum Gasteiger partial charge on any atom is 0.410 e. The predicted molar refractivity (Wildman–Crippen MR) is 89.9 cm³/mol. The number of ether oxygens (including phenoxy) is 1. The highest BCUT2D eigenvalue weighted by molar-refractivity contribution is 5.69. The van der Waals surface area contributed by atoms with E-state index in [1.165, 1.54) is 5.56 Å². The Bertz CT molecular complexity index is 561. The van der Waals surface area contributed by atoms with Gasteiger partial charge in [0.1, 0.15) is 5.60 Å². The van der Waals surface area contributed by atoms with Gasteiger partial charge in [0.2, 0.25) is 0 Å². The van der Waals surface area contributed by atoms with Gasteiger partial charge in [0.15, 0.2) is 0 Å². The third-order valence-corrected chi connectivity index (χ3v) is 4.69. The molecular weight excluding hydrogens is 290 g/mol. The van der Waals surface area contributed by atoms with Crippen LogP contribution in [-0.4, -0.2) is 53.7 Å². The summed E-state index contributed by atoms with van der Waals surface area (Å²) in [6, 6.07) is 10.6. The number of nitrogens with two attached hydrogens (primary N) is 1. The molecular formula is C18H27N3O2. The lowest BCUT2D eigenvalue weighted by molar-refractivity contribution is -0.0350. The Morgan fingerprint density at radius 2 is 1.91 bits per heavy atom. The van der Waals surface area contributed by atoms with Gasteiger partial charge in [0.05, 0.1) is 0 Å². The lowest BCUT2D eigenvalue weighted by atomic mass is 9.76. The molecule has 1 amide bonds. The van der Waals surface area contributed by atoms with Crippen molar-refractivity contribution in [3.8, 4) is 0 Å². The molecule has 2 heterocycles. The topological polar surface area (TPSA) is 58.8 Å². The van der Waals surface area contributed by atoms with Crippen molar-refractivity contribution in [2.24, 2.45) is 11.1 Å². The molecule has 1 atom stereocenters. The van der Waals surface area contributed by atoms with E-state index in [-0.39, 0.29) is 17.6 Å². The Morgan fingerprint density at radius 1 is 1.26 bits per heavy atom. The zero-order chi connectivity index (χ0) is 16.7. The van der Waals surface area contributed by atoms with Crippen molar-refractivity contribution in [3.05, 3.63) is 35.9 Å². The minimum atomic E-state index is -0.447. The van der Waals surface area contributed by atoms with Gasteiger partial charge in [-0.2, -0.15) is 0 Å². The highest BCUT2D eigenvalue weighted by Crippen LogP contribution is 2.39. The number of hydrogen-bond donors (Lipinski definition) is 1. The molecule has 0 bridgehead atoms.